The Morgan fingerprint density at radius 2 is 2.33 bits per heavy atom. The highest BCUT2D eigenvalue weighted by Gasteiger charge is 2.22. The summed E-state index contributed by atoms with van der Waals surface area (Å²) >= 11 is 1.75. The summed E-state index contributed by atoms with van der Waals surface area (Å²) in [6, 6.07) is 3.21. The minimum atomic E-state index is 0.322. The number of nitrogens with one attached hydrogen (secondary N) is 1. The van der Waals surface area contributed by atoms with Crippen molar-refractivity contribution in [3.8, 4) is 0 Å². The summed E-state index contributed by atoms with van der Waals surface area (Å²) in [6.07, 6.45) is 0.322. The Balaban J connectivity index is 1.76. The van der Waals surface area contributed by atoms with E-state index in [2.05, 4.69) is 47.8 Å². The molecule has 0 aliphatic carbocycles. The molecule has 0 saturated carbocycles. The van der Waals surface area contributed by atoms with Crippen molar-refractivity contribution in [3.05, 3.63) is 22.4 Å². The first kappa shape index (κ1) is 14.0. The number of nitrogens with zero attached hydrogens (tertiary/aromatic N) is 1. The number of ether oxygens (including phenoxy) is 1. The van der Waals surface area contributed by atoms with Crippen LogP contribution in [-0.2, 0) is 4.74 Å². The first-order chi connectivity index (χ1) is 8.66. The molecular weight excluding hydrogens is 244 g/mol. The normalized spacial score (nSPS) is 23.4. The molecule has 0 bridgehead atoms. The number of thiophene rings is 1. The van der Waals surface area contributed by atoms with Gasteiger partial charge in [0.15, 0.2) is 0 Å². The van der Waals surface area contributed by atoms with Gasteiger partial charge in [-0.3, -0.25) is 4.90 Å². The van der Waals surface area contributed by atoms with Crippen LogP contribution in [0.1, 0.15) is 32.4 Å². The Morgan fingerprint density at radius 3 is 3.00 bits per heavy atom. The van der Waals surface area contributed by atoms with Gasteiger partial charge in [0.05, 0.1) is 12.7 Å². The van der Waals surface area contributed by atoms with E-state index in [0.717, 1.165) is 26.2 Å². The van der Waals surface area contributed by atoms with Gasteiger partial charge in [0.1, 0.15) is 0 Å². The molecule has 0 spiro atoms. The van der Waals surface area contributed by atoms with Gasteiger partial charge in [0.2, 0.25) is 0 Å². The molecule has 1 aromatic heterocycles. The molecule has 1 N–H and O–H groups in total. The molecule has 102 valence electrons. The number of hydrogen-bond acceptors (Lipinski definition) is 4. The van der Waals surface area contributed by atoms with Gasteiger partial charge < -0.3 is 10.1 Å². The molecule has 0 aromatic carbocycles. The van der Waals surface area contributed by atoms with Crippen molar-refractivity contribution in [2.45, 2.75) is 39.0 Å². The van der Waals surface area contributed by atoms with Crippen LogP contribution < -0.4 is 5.32 Å². The Hall–Kier alpha value is -0.420. The van der Waals surface area contributed by atoms with Gasteiger partial charge >= 0.3 is 0 Å². The van der Waals surface area contributed by atoms with Crippen molar-refractivity contribution in [2.75, 3.05) is 26.2 Å². The summed E-state index contributed by atoms with van der Waals surface area (Å²) in [6.45, 7) is 10.6. The minimum Gasteiger partial charge on any atom is -0.374 e. The third-order valence-corrected chi connectivity index (χ3v) is 4.30. The monoisotopic (exact) mass is 268 g/mol. The fraction of sp³-hybridized carbons (Fsp3) is 0.714. The molecule has 1 fully saturated rings. The highest BCUT2D eigenvalue weighted by Crippen LogP contribution is 2.16. The summed E-state index contributed by atoms with van der Waals surface area (Å²) in [5.41, 5.74) is 1.37. The van der Waals surface area contributed by atoms with Crippen molar-refractivity contribution in [3.63, 3.8) is 0 Å². The minimum absolute atomic E-state index is 0.322. The zero-order chi connectivity index (χ0) is 13.0. The van der Waals surface area contributed by atoms with E-state index >= 15 is 0 Å². The van der Waals surface area contributed by atoms with E-state index in [1.165, 1.54) is 5.56 Å². The lowest BCUT2D eigenvalue weighted by Crippen LogP contribution is -2.49. The molecule has 2 heterocycles. The maximum Gasteiger partial charge on any atom is 0.0827 e. The summed E-state index contributed by atoms with van der Waals surface area (Å²) < 4.78 is 5.82. The van der Waals surface area contributed by atoms with Crippen LogP contribution in [0.3, 0.4) is 0 Å². The van der Waals surface area contributed by atoms with E-state index in [9.17, 15) is 0 Å². The van der Waals surface area contributed by atoms with Crippen LogP contribution in [0.15, 0.2) is 16.8 Å². The first-order valence-electron chi connectivity index (χ1n) is 6.78. The van der Waals surface area contributed by atoms with Crippen molar-refractivity contribution in [1.82, 2.24) is 10.2 Å². The summed E-state index contributed by atoms with van der Waals surface area (Å²) in [5.74, 6) is 0. The van der Waals surface area contributed by atoms with Gasteiger partial charge in [-0.25, -0.2) is 0 Å². The second kappa shape index (κ2) is 6.66. The van der Waals surface area contributed by atoms with Crippen molar-refractivity contribution < 1.29 is 4.74 Å². The Kier molecular flexibility index (Phi) is 5.18. The first-order valence-corrected chi connectivity index (χ1v) is 7.72. The topological polar surface area (TPSA) is 24.5 Å². The quantitative estimate of drug-likeness (QED) is 0.888. The second-order valence-corrected chi connectivity index (χ2v) is 6.05. The van der Waals surface area contributed by atoms with E-state index < -0.39 is 0 Å². The van der Waals surface area contributed by atoms with Crippen LogP contribution in [0.5, 0.6) is 0 Å². The van der Waals surface area contributed by atoms with E-state index in [1.807, 2.05) is 0 Å². The van der Waals surface area contributed by atoms with Gasteiger partial charge in [0, 0.05) is 31.7 Å². The molecule has 3 nitrogen and oxygen atoms in total. The molecular formula is C14H24N2OS. The predicted molar refractivity (Wildman–Crippen MR) is 77.2 cm³/mol. The van der Waals surface area contributed by atoms with E-state index in [0.29, 0.717) is 18.2 Å². The Labute approximate surface area is 114 Å². The SMILES string of the molecule is CC(NCC1CN(C(C)C)CCO1)c1ccsc1. The average Bonchev–Trinajstić information content (AvgIpc) is 2.90. The van der Waals surface area contributed by atoms with Crippen molar-refractivity contribution >= 4 is 11.3 Å². The highest BCUT2D eigenvalue weighted by atomic mass is 32.1. The van der Waals surface area contributed by atoms with Crippen LogP contribution >= 0.6 is 11.3 Å². The average molecular weight is 268 g/mol. The van der Waals surface area contributed by atoms with Crippen molar-refractivity contribution in [2.24, 2.45) is 0 Å². The Morgan fingerprint density at radius 1 is 1.50 bits per heavy atom. The molecule has 18 heavy (non-hydrogen) atoms. The van der Waals surface area contributed by atoms with Crippen LogP contribution in [-0.4, -0.2) is 43.3 Å². The largest absolute Gasteiger partial charge is 0.374 e. The Bertz CT molecular complexity index is 340. The van der Waals surface area contributed by atoms with E-state index in [1.54, 1.807) is 11.3 Å². The molecule has 4 heteroatoms. The zero-order valence-electron chi connectivity index (χ0n) is 11.6. The van der Waals surface area contributed by atoms with E-state index in [4.69, 9.17) is 4.74 Å². The molecule has 1 aromatic rings. The number of hydrogen-bond donors (Lipinski definition) is 1. The van der Waals surface area contributed by atoms with Gasteiger partial charge in [-0.05, 0) is 43.2 Å². The molecule has 1 aliphatic heterocycles. The predicted octanol–water partition coefficient (Wildman–Crippen LogP) is 2.51. The summed E-state index contributed by atoms with van der Waals surface area (Å²) in [5, 5.41) is 7.91. The van der Waals surface area contributed by atoms with Gasteiger partial charge in [0.25, 0.3) is 0 Å². The smallest absolute Gasteiger partial charge is 0.0827 e. The van der Waals surface area contributed by atoms with Crippen LogP contribution in [0.25, 0.3) is 0 Å². The molecule has 1 aliphatic rings. The zero-order valence-corrected chi connectivity index (χ0v) is 12.4. The van der Waals surface area contributed by atoms with Crippen LogP contribution in [0.2, 0.25) is 0 Å². The maximum atomic E-state index is 5.82. The number of morpholine rings is 1. The fourth-order valence-corrected chi connectivity index (χ4v) is 3.04. The van der Waals surface area contributed by atoms with Crippen LogP contribution in [0.4, 0.5) is 0 Å². The lowest BCUT2D eigenvalue weighted by molar-refractivity contribution is -0.0379. The molecule has 2 atom stereocenters. The third-order valence-electron chi connectivity index (χ3n) is 3.60. The van der Waals surface area contributed by atoms with Gasteiger partial charge in [-0.2, -0.15) is 11.3 Å². The number of rotatable bonds is 5. The lowest BCUT2D eigenvalue weighted by Gasteiger charge is -2.36. The fourth-order valence-electron chi connectivity index (χ4n) is 2.28. The summed E-state index contributed by atoms with van der Waals surface area (Å²) in [4.78, 5) is 2.49. The molecule has 2 unspecified atom stereocenters. The third kappa shape index (κ3) is 3.79. The van der Waals surface area contributed by atoms with Gasteiger partial charge in [-0.15, -0.1) is 0 Å². The molecule has 0 amide bonds. The molecule has 2 rings (SSSR count). The maximum absolute atomic E-state index is 5.82. The van der Waals surface area contributed by atoms with Gasteiger partial charge in [-0.1, -0.05) is 0 Å². The van der Waals surface area contributed by atoms with Crippen molar-refractivity contribution in [1.29, 1.82) is 0 Å². The van der Waals surface area contributed by atoms with Crippen LogP contribution in [0, 0.1) is 0 Å². The summed E-state index contributed by atoms with van der Waals surface area (Å²) in [7, 11) is 0. The standard InChI is InChI=1S/C14H24N2OS/c1-11(2)16-5-6-17-14(9-16)8-15-12(3)13-4-7-18-10-13/h4,7,10-12,14-15H,5-6,8-9H2,1-3H3. The van der Waals surface area contributed by atoms with E-state index in [-0.39, 0.29) is 0 Å². The lowest BCUT2D eigenvalue weighted by atomic mass is 10.1. The second-order valence-electron chi connectivity index (χ2n) is 5.27. The highest BCUT2D eigenvalue weighted by molar-refractivity contribution is 7.07. The molecule has 1 saturated heterocycles. The molecule has 0 radical (unpaired) electrons.